The number of halogens is 3. The lowest BCUT2D eigenvalue weighted by molar-refractivity contribution is -0.138. The van der Waals surface area contributed by atoms with E-state index < -0.39 is 17.8 Å². The monoisotopic (exact) mass is 273 g/mol. The average Bonchev–Trinajstić information content (AvgIpc) is 2.70. The second kappa shape index (κ2) is 4.80. The Morgan fingerprint density at radius 3 is 2.58 bits per heavy atom. The lowest BCUT2D eigenvalue weighted by Gasteiger charge is -2.15. The van der Waals surface area contributed by atoms with Gasteiger partial charge in [0, 0.05) is 12.6 Å². The Kier molecular flexibility index (Phi) is 3.49. The predicted molar refractivity (Wildman–Crippen MR) is 62.6 cm³/mol. The van der Waals surface area contributed by atoms with E-state index in [0.29, 0.717) is 12.2 Å². The van der Waals surface area contributed by atoms with E-state index in [1.54, 1.807) is 0 Å². The van der Waals surface area contributed by atoms with Gasteiger partial charge >= 0.3 is 6.18 Å². The highest BCUT2D eigenvalue weighted by Crippen LogP contribution is 2.37. The van der Waals surface area contributed by atoms with Crippen LogP contribution in [0, 0.1) is 0 Å². The molecule has 1 unspecified atom stereocenters. The fourth-order valence-corrected chi connectivity index (χ4v) is 2.05. The molecule has 4 nitrogen and oxygen atoms in total. The van der Waals surface area contributed by atoms with E-state index >= 15 is 0 Å². The predicted octanol–water partition coefficient (Wildman–Crippen LogP) is 2.75. The highest BCUT2D eigenvalue weighted by molar-refractivity contribution is 5.54. The maximum Gasteiger partial charge on any atom is 0.420 e. The smallest absolute Gasteiger partial charge is 0.389 e. The molecule has 7 heteroatoms. The fraction of sp³-hybridized carbons (Fsp3) is 0.500. The van der Waals surface area contributed by atoms with Gasteiger partial charge in [0.05, 0.1) is 6.10 Å². The Labute approximate surface area is 107 Å². The molecule has 19 heavy (non-hydrogen) atoms. The molecule has 0 aliphatic rings. The topological polar surface area (TPSA) is 50.4 Å². The van der Waals surface area contributed by atoms with Crippen LogP contribution in [0.5, 0.6) is 0 Å². The Bertz CT molecular complexity index is 590. The van der Waals surface area contributed by atoms with Crippen LogP contribution in [0.4, 0.5) is 13.2 Å². The number of alkyl halides is 3. The minimum atomic E-state index is -4.58. The van der Waals surface area contributed by atoms with Crippen molar-refractivity contribution in [2.24, 2.45) is 0 Å². The van der Waals surface area contributed by atoms with E-state index in [9.17, 15) is 18.3 Å². The minimum Gasteiger partial charge on any atom is -0.389 e. The number of aliphatic hydroxyl groups is 1. The van der Waals surface area contributed by atoms with Gasteiger partial charge in [-0.3, -0.25) is 4.40 Å². The molecular formula is C12H14F3N3O. The summed E-state index contributed by atoms with van der Waals surface area (Å²) in [7, 11) is 0. The highest BCUT2D eigenvalue weighted by atomic mass is 19.4. The lowest BCUT2D eigenvalue weighted by atomic mass is 10.0. The number of hydrogen-bond donors (Lipinski definition) is 1. The first-order chi connectivity index (χ1) is 8.86. The second-order valence-electron chi connectivity index (χ2n) is 4.38. The molecule has 1 atom stereocenters. The summed E-state index contributed by atoms with van der Waals surface area (Å²) < 4.78 is 40.8. The van der Waals surface area contributed by atoms with Gasteiger partial charge in [-0.25, -0.2) is 0 Å². The third kappa shape index (κ3) is 2.42. The first-order valence-electron chi connectivity index (χ1n) is 5.98. The van der Waals surface area contributed by atoms with Crippen LogP contribution in [-0.2, 0) is 12.6 Å². The number of fused-ring (bicyclic) bond motifs is 1. The molecule has 0 aliphatic carbocycles. The number of aryl methyl sites for hydroxylation is 1. The van der Waals surface area contributed by atoms with E-state index in [1.165, 1.54) is 23.6 Å². The summed E-state index contributed by atoms with van der Waals surface area (Å²) in [5, 5.41) is 16.9. The third-order valence-electron chi connectivity index (χ3n) is 2.89. The van der Waals surface area contributed by atoms with E-state index in [4.69, 9.17) is 0 Å². The Morgan fingerprint density at radius 1 is 1.37 bits per heavy atom. The molecule has 0 amide bonds. The zero-order valence-corrected chi connectivity index (χ0v) is 10.6. The molecule has 0 bridgehead atoms. The second-order valence-corrected chi connectivity index (χ2v) is 4.38. The van der Waals surface area contributed by atoms with E-state index in [-0.39, 0.29) is 11.2 Å². The Balaban J connectivity index is 2.74. The molecule has 2 aromatic heterocycles. The van der Waals surface area contributed by atoms with Gasteiger partial charge in [-0.1, -0.05) is 6.92 Å². The summed E-state index contributed by atoms with van der Waals surface area (Å²) in [6.45, 7) is 3.21. The van der Waals surface area contributed by atoms with Gasteiger partial charge in [0.1, 0.15) is 11.4 Å². The van der Waals surface area contributed by atoms with Crippen LogP contribution in [-0.4, -0.2) is 19.7 Å². The van der Waals surface area contributed by atoms with E-state index in [1.807, 2.05) is 6.92 Å². The van der Waals surface area contributed by atoms with Gasteiger partial charge < -0.3 is 5.11 Å². The number of rotatable bonds is 3. The quantitative estimate of drug-likeness (QED) is 0.935. The average molecular weight is 273 g/mol. The van der Waals surface area contributed by atoms with Crippen molar-refractivity contribution < 1.29 is 18.3 Å². The van der Waals surface area contributed by atoms with Crippen LogP contribution in [0.2, 0.25) is 0 Å². The molecule has 2 heterocycles. The molecule has 0 aliphatic heterocycles. The molecule has 1 N–H and O–H groups in total. The van der Waals surface area contributed by atoms with Crippen molar-refractivity contribution in [3.8, 4) is 0 Å². The highest BCUT2D eigenvalue weighted by Gasteiger charge is 2.38. The lowest BCUT2D eigenvalue weighted by Crippen LogP contribution is -2.14. The summed E-state index contributed by atoms with van der Waals surface area (Å²) in [6, 6.07) is 1.27. The maximum absolute atomic E-state index is 13.1. The van der Waals surface area contributed by atoms with Crippen LogP contribution in [0.15, 0.2) is 12.3 Å². The zero-order valence-electron chi connectivity index (χ0n) is 10.6. The molecule has 0 saturated heterocycles. The molecule has 104 valence electrons. The first-order valence-corrected chi connectivity index (χ1v) is 5.98. The minimum absolute atomic E-state index is 0.185. The summed E-state index contributed by atoms with van der Waals surface area (Å²) in [5.41, 5.74) is -1.36. The zero-order chi connectivity index (χ0) is 14.2. The number of pyridine rings is 1. The standard InChI is InChI=1S/C12H14F3N3O/c1-3-4-9-16-17-11-10(12(13,14)15)8(7(2)19)5-6-18(9)11/h5-7,19H,3-4H2,1-2H3. The van der Waals surface area contributed by atoms with Crippen molar-refractivity contribution in [3.05, 3.63) is 29.2 Å². The van der Waals surface area contributed by atoms with Gasteiger partial charge in [-0.2, -0.15) is 13.2 Å². The molecule has 0 spiro atoms. The van der Waals surface area contributed by atoms with Crippen LogP contribution < -0.4 is 0 Å². The fourth-order valence-electron chi connectivity index (χ4n) is 2.05. The van der Waals surface area contributed by atoms with E-state index in [2.05, 4.69) is 10.2 Å². The van der Waals surface area contributed by atoms with E-state index in [0.717, 1.165) is 6.42 Å². The van der Waals surface area contributed by atoms with Crippen molar-refractivity contribution in [3.63, 3.8) is 0 Å². The van der Waals surface area contributed by atoms with Crippen LogP contribution in [0.1, 0.15) is 43.3 Å². The van der Waals surface area contributed by atoms with Gasteiger partial charge in [0.15, 0.2) is 5.65 Å². The Hall–Kier alpha value is -1.63. The van der Waals surface area contributed by atoms with Crippen molar-refractivity contribution in [1.82, 2.24) is 14.6 Å². The summed E-state index contributed by atoms with van der Waals surface area (Å²) in [4.78, 5) is 0. The van der Waals surface area contributed by atoms with Gasteiger partial charge in [-0.05, 0) is 25.0 Å². The number of aromatic nitrogens is 3. The molecular weight excluding hydrogens is 259 g/mol. The van der Waals surface area contributed by atoms with Crippen LogP contribution in [0.3, 0.4) is 0 Å². The molecule has 0 fully saturated rings. The maximum atomic E-state index is 13.1. The number of nitrogens with zero attached hydrogens (tertiary/aromatic N) is 3. The molecule has 0 aromatic carbocycles. The Morgan fingerprint density at radius 2 is 2.05 bits per heavy atom. The normalized spacial score (nSPS) is 14.0. The SMILES string of the molecule is CCCc1nnc2c(C(F)(F)F)c(C(C)O)ccn12. The largest absolute Gasteiger partial charge is 0.420 e. The number of aliphatic hydroxyl groups excluding tert-OH is 1. The van der Waals surface area contributed by atoms with Gasteiger partial charge in [0.2, 0.25) is 0 Å². The summed E-state index contributed by atoms with van der Waals surface area (Å²) in [6.07, 6.45) is -3.01. The third-order valence-corrected chi connectivity index (χ3v) is 2.89. The first kappa shape index (κ1) is 13.8. The number of hydrogen-bond acceptors (Lipinski definition) is 3. The molecule has 2 rings (SSSR count). The molecule has 0 radical (unpaired) electrons. The van der Waals surface area contributed by atoms with Crippen molar-refractivity contribution in [2.45, 2.75) is 39.0 Å². The molecule has 0 saturated carbocycles. The van der Waals surface area contributed by atoms with Crippen molar-refractivity contribution in [2.75, 3.05) is 0 Å². The van der Waals surface area contributed by atoms with Gasteiger partial charge in [-0.15, -0.1) is 10.2 Å². The van der Waals surface area contributed by atoms with Gasteiger partial charge in [0.25, 0.3) is 0 Å². The van der Waals surface area contributed by atoms with Crippen LogP contribution in [0.25, 0.3) is 5.65 Å². The molecule has 2 aromatic rings. The van der Waals surface area contributed by atoms with Crippen molar-refractivity contribution in [1.29, 1.82) is 0 Å². The van der Waals surface area contributed by atoms with Crippen LogP contribution >= 0.6 is 0 Å². The summed E-state index contributed by atoms with van der Waals surface area (Å²) in [5.74, 6) is 0.486. The summed E-state index contributed by atoms with van der Waals surface area (Å²) >= 11 is 0. The van der Waals surface area contributed by atoms with Crippen molar-refractivity contribution >= 4 is 5.65 Å².